The highest BCUT2D eigenvalue weighted by atomic mass is 79.9. The molecule has 0 amide bonds. The van der Waals surface area contributed by atoms with Gasteiger partial charge in [0.2, 0.25) is 0 Å². The highest BCUT2D eigenvalue weighted by Gasteiger charge is 2.24. The van der Waals surface area contributed by atoms with Gasteiger partial charge >= 0.3 is 0 Å². The van der Waals surface area contributed by atoms with Crippen LogP contribution < -0.4 is 14.8 Å². The van der Waals surface area contributed by atoms with Crippen LogP contribution in [0.4, 0.5) is 5.82 Å². The minimum Gasteiger partial charge on any atom is -0.496 e. The molecule has 3 rings (SSSR count). The number of hydrogen-bond acceptors (Lipinski definition) is 4. The zero-order valence-electron chi connectivity index (χ0n) is 11.4. The Morgan fingerprint density at radius 3 is 2.60 bits per heavy atom. The van der Waals surface area contributed by atoms with Crippen LogP contribution in [0.3, 0.4) is 0 Å². The zero-order valence-corrected chi connectivity index (χ0v) is 13.0. The van der Waals surface area contributed by atoms with E-state index >= 15 is 0 Å². The van der Waals surface area contributed by atoms with E-state index < -0.39 is 0 Å². The molecule has 0 saturated carbocycles. The summed E-state index contributed by atoms with van der Waals surface area (Å²) >= 11 is 3.52. The number of nitrogens with one attached hydrogen (secondary N) is 1. The molecule has 0 aliphatic carbocycles. The Hall–Kier alpha value is -1.69. The van der Waals surface area contributed by atoms with Gasteiger partial charge in [-0.2, -0.15) is 0 Å². The number of nitrogens with zero attached hydrogens (tertiary/aromatic N) is 2. The maximum absolute atomic E-state index is 5.47. The van der Waals surface area contributed by atoms with Crippen LogP contribution in [0.1, 0.15) is 6.42 Å². The van der Waals surface area contributed by atoms with E-state index in [1.807, 2.05) is 18.2 Å². The van der Waals surface area contributed by atoms with Gasteiger partial charge in [-0.05, 0) is 34.5 Å². The molecule has 0 spiro atoms. The van der Waals surface area contributed by atoms with Gasteiger partial charge in [0.05, 0.1) is 14.2 Å². The number of methoxy groups -OCH3 is 2. The molecule has 0 bridgehead atoms. The molecule has 5 nitrogen and oxygen atoms in total. The van der Waals surface area contributed by atoms with E-state index in [0.29, 0.717) is 0 Å². The third-order valence-corrected chi connectivity index (χ3v) is 3.98. The quantitative estimate of drug-likeness (QED) is 0.934. The summed E-state index contributed by atoms with van der Waals surface area (Å²) in [6.45, 7) is 1.89. The highest BCUT2D eigenvalue weighted by molar-refractivity contribution is 9.10. The van der Waals surface area contributed by atoms with Crippen molar-refractivity contribution in [2.75, 3.05) is 26.1 Å². The minimum atomic E-state index is 0.759. The van der Waals surface area contributed by atoms with Crippen LogP contribution in [0.5, 0.6) is 11.5 Å². The van der Waals surface area contributed by atoms with E-state index in [4.69, 9.17) is 9.47 Å². The normalized spacial score (nSPS) is 13.6. The molecule has 2 heterocycles. The number of fused-ring (bicyclic) bond motifs is 1. The first-order chi connectivity index (χ1) is 9.76. The number of hydrogen-bond donors (Lipinski definition) is 1. The largest absolute Gasteiger partial charge is 0.496 e. The van der Waals surface area contributed by atoms with Crippen molar-refractivity contribution in [2.24, 2.45) is 0 Å². The number of benzene rings is 1. The van der Waals surface area contributed by atoms with Crippen molar-refractivity contribution in [3.05, 3.63) is 22.8 Å². The van der Waals surface area contributed by atoms with Crippen molar-refractivity contribution in [1.29, 1.82) is 0 Å². The first-order valence-corrected chi connectivity index (χ1v) is 7.26. The molecule has 0 saturated heterocycles. The molecule has 0 fully saturated rings. The zero-order chi connectivity index (χ0) is 14.1. The molecule has 0 unspecified atom stereocenters. The lowest BCUT2D eigenvalue weighted by molar-refractivity contribution is 0.396. The third kappa shape index (κ3) is 2.04. The average Bonchev–Trinajstić information content (AvgIpc) is 2.83. The first kappa shape index (κ1) is 13.3. The molecule has 1 aliphatic rings. The van der Waals surface area contributed by atoms with Gasteiger partial charge < -0.3 is 19.4 Å². The van der Waals surface area contributed by atoms with E-state index in [1.165, 1.54) is 0 Å². The van der Waals surface area contributed by atoms with Crippen molar-refractivity contribution in [1.82, 2.24) is 9.55 Å². The molecule has 20 heavy (non-hydrogen) atoms. The summed E-state index contributed by atoms with van der Waals surface area (Å²) in [6, 6.07) is 5.75. The van der Waals surface area contributed by atoms with Crippen molar-refractivity contribution in [3.63, 3.8) is 0 Å². The molecule has 0 atom stereocenters. The lowest BCUT2D eigenvalue weighted by Crippen LogP contribution is -2.17. The van der Waals surface area contributed by atoms with Crippen LogP contribution in [-0.4, -0.2) is 30.3 Å². The summed E-state index contributed by atoms with van der Waals surface area (Å²) in [7, 11) is 3.32. The summed E-state index contributed by atoms with van der Waals surface area (Å²) in [6.07, 6.45) is 1.07. The van der Waals surface area contributed by atoms with Crippen LogP contribution in [0, 0.1) is 0 Å². The maximum atomic E-state index is 5.47. The molecule has 6 heteroatoms. The fraction of sp³-hybridized carbons (Fsp3) is 0.357. The number of ether oxygens (including phenoxy) is 2. The Morgan fingerprint density at radius 1 is 1.25 bits per heavy atom. The van der Waals surface area contributed by atoms with Gasteiger partial charge in [-0.25, -0.2) is 4.98 Å². The summed E-state index contributed by atoms with van der Waals surface area (Å²) in [4.78, 5) is 4.64. The van der Waals surface area contributed by atoms with Gasteiger partial charge in [0.1, 0.15) is 27.5 Å². The predicted molar refractivity (Wildman–Crippen MR) is 81.6 cm³/mol. The molecular weight excluding hydrogens is 322 g/mol. The smallest absolute Gasteiger partial charge is 0.150 e. The molecule has 2 aromatic rings. The van der Waals surface area contributed by atoms with Crippen molar-refractivity contribution >= 4 is 21.7 Å². The van der Waals surface area contributed by atoms with E-state index in [-0.39, 0.29) is 0 Å². The molecule has 1 N–H and O–H groups in total. The Balaban J connectivity index is 2.23. The van der Waals surface area contributed by atoms with E-state index in [1.54, 1.807) is 14.2 Å². The Labute approximate surface area is 126 Å². The minimum absolute atomic E-state index is 0.759. The lowest BCUT2D eigenvalue weighted by atomic mass is 10.1. The summed E-state index contributed by atoms with van der Waals surface area (Å²) in [5.41, 5.74) is 0.883. The first-order valence-electron chi connectivity index (χ1n) is 6.47. The monoisotopic (exact) mass is 337 g/mol. The van der Waals surface area contributed by atoms with E-state index in [2.05, 4.69) is 30.8 Å². The van der Waals surface area contributed by atoms with Crippen LogP contribution in [-0.2, 0) is 6.54 Å². The van der Waals surface area contributed by atoms with Gasteiger partial charge in [0.25, 0.3) is 0 Å². The number of rotatable bonds is 3. The van der Waals surface area contributed by atoms with E-state index in [0.717, 1.165) is 52.8 Å². The standard InChI is InChI=1S/C14H16BrN3O2/c1-19-9-5-3-6-10(20-2)11(9)13-17-12(15)14-16-7-4-8-18(13)14/h3,5-6,16H,4,7-8H2,1-2H3. The lowest BCUT2D eigenvalue weighted by Gasteiger charge is -2.20. The second kappa shape index (κ2) is 5.36. The Morgan fingerprint density at radius 2 is 1.95 bits per heavy atom. The molecular formula is C14H16BrN3O2. The molecule has 1 aromatic heterocycles. The number of aromatic nitrogens is 2. The second-order valence-electron chi connectivity index (χ2n) is 4.54. The summed E-state index contributed by atoms with van der Waals surface area (Å²) in [5.74, 6) is 3.39. The number of imidazole rings is 1. The fourth-order valence-electron chi connectivity index (χ4n) is 2.52. The topological polar surface area (TPSA) is 48.3 Å². The Kier molecular flexibility index (Phi) is 3.56. The van der Waals surface area contributed by atoms with Gasteiger partial charge in [0, 0.05) is 13.1 Å². The molecule has 1 aromatic carbocycles. The van der Waals surface area contributed by atoms with Crippen LogP contribution in [0.15, 0.2) is 22.8 Å². The van der Waals surface area contributed by atoms with Gasteiger partial charge in [0.15, 0.2) is 5.82 Å². The Bertz CT molecular complexity index is 617. The summed E-state index contributed by atoms with van der Waals surface area (Å²) < 4.78 is 13.9. The highest BCUT2D eigenvalue weighted by Crippen LogP contribution is 2.41. The maximum Gasteiger partial charge on any atom is 0.150 e. The molecule has 0 radical (unpaired) electrons. The van der Waals surface area contributed by atoms with Gasteiger partial charge in [-0.15, -0.1) is 0 Å². The average molecular weight is 338 g/mol. The van der Waals surface area contributed by atoms with Gasteiger partial charge in [-0.1, -0.05) is 6.07 Å². The van der Waals surface area contributed by atoms with Crippen LogP contribution in [0.2, 0.25) is 0 Å². The number of halogens is 1. The van der Waals surface area contributed by atoms with Crippen LogP contribution >= 0.6 is 15.9 Å². The van der Waals surface area contributed by atoms with Crippen molar-refractivity contribution in [3.8, 4) is 22.9 Å². The van der Waals surface area contributed by atoms with Crippen molar-refractivity contribution < 1.29 is 9.47 Å². The third-order valence-electron chi connectivity index (χ3n) is 3.43. The van der Waals surface area contributed by atoms with Crippen molar-refractivity contribution in [2.45, 2.75) is 13.0 Å². The van der Waals surface area contributed by atoms with E-state index in [9.17, 15) is 0 Å². The SMILES string of the molecule is COc1cccc(OC)c1-c1nc(Br)c2n1CCCN2. The molecule has 106 valence electrons. The predicted octanol–water partition coefficient (Wildman–Crippen LogP) is 3.15. The summed E-state index contributed by atoms with van der Waals surface area (Å²) in [5, 5.41) is 3.37. The second-order valence-corrected chi connectivity index (χ2v) is 5.30. The van der Waals surface area contributed by atoms with Crippen LogP contribution in [0.25, 0.3) is 11.4 Å². The number of anilines is 1. The fourth-order valence-corrected chi connectivity index (χ4v) is 3.04. The van der Waals surface area contributed by atoms with Gasteiger partial charge in [-0.3, -0.25) is 0 Å². The molecule has 1 aliphatic heterocycles.